The van der Waals surface area contributed by atoms with E-state index in [9.17, 15) is 14.5 Å². The number of methoxy groups -OCH3 is 1. The number of nitro groups is 1. The average molecular weight is 469 g/mol. The number of halogens is 1. The summed E-state index contributed by atoms with van der Waals surface area (Å²) in [4.78, 5) is 22.2. The molecule has 12 heteroatoms. The van der Waals surface area contributed by atoms with Crippen molar-refractivity contribution >= 4 is 35.2 Å². The van der Waals surface area contributed by atoms with E-state index in [-0.39, 0.29) is 11.4 Å². The fraction of sp³-hybridized carbons (Fsp3) is 0.238. The van der Waals surface area contributed by atoms with Gasteiger partial charge in [-0.25, -0.2) is 9.37 Å². The van der Waals surface area contributed by atoms with E-state index in [2.05, 4.69) is 14.8 Å². The van der Waals surface area contributed by atoms with Crippen molar-refractivity contribution in [3.05, 3.63) is 64.4 Å². The lowest BCUT2D eigenvalue weighted by atomic mass is 10.2. The maximum atomic E-state index is 14.3. The van der Waals surface area contributed by atoms with Crippen molar-refractivity contribution in [2.75, 3.05) is 20.3 Å². The Balaban J connectivity index is 1.62. The van der Waals surface area contributed by atoms with Crippen molar-refractivity contribution in [2.45, 2.75) is 6.54 Å². The average Bonchev–Trinajstić information content (AvgIpc) is 3.37. The van der Waals surface area contributed by atoms with Gasteiger partial charge in [-0.05, 0) is 12.1 Å². The number of hydrogen-bond acceptors (Lipinski definition) is 8. The van der Waals surface area contributed by atoms with E-state index < -0.39 is 10.7 Å². The van der Waals surface area contributed by atoms with E-state index in [4.69, 9.17) is 9.47 Å². The highest BCUT2D eigenvalue weighted by atomic mass is 32.1. The first-order valence-electron chi connectivity index (χ1n) is 10.1. The molecule has 0 atom stereocenters. The first kappa shape index (κ1) is 22.8. The predicted molar refractivity (Wildman–Crippen MR) is 126 cm³/mol. The molecule has 0 bridgehead atoms. The van der Waals surface area contributed by atoms with Gasteiger partial charge in [0.15, 0.2) is 19.5 Å². The highest BCUT2D eigenvalue weighted by Crippen LogP contribution is 2.39. The van der Waals surface area contributed by atoms with Crippen LogP contribution in [-0.2, 0) is 18.3 Å². The topological polar surface area (TPSA) is 95.6 Å². The van der Waals surface area contributed by atoms with Gasteiger partial charge in [-0.3, -0.25) is 15.1 Å². The van der Waals surface area contributed by atoms with Crippen LogP contribution in [0.1, 0.15) is 5.69 Å². The van der Waals surface area contributed by atoms with Crippen LogP contribution in [0.15, 0.2) is 42.7 Å². The summed E-state index contributed by atoms with van der Waals surface area (Å²) in [6.45, 7) is 2.19. The van der Waals surface area contributed by atoms with Gasteiger partial charge < -0.3 is 18.9 Å². The van der Waals surface area contributed by atoms with Gasteiger partial charge in [0.1, 0.15) is 11.6 Å². The summed E-state index contributed by atoms with van der Waals surface area (Å²) < 4.78 is 28.0. The van der Waals surface area contributed by atoms with Crippen molar-refractivity contribution in [1.29, 1.82) is 0 Å². The number of nitro benzene ring substituents is 1. The highest BCUT2D eigenvalue weighted by Gasteiger charge is 2.18. The predicted octanol–water partition coefficient (Wildman–Crippen LogP) is 3.53. The van der Waals surface area contributed by atoms with Crippen LogP contribution in [0.3, 0.4) is 0 Å². The van der Waals surface area contributed by atoms with E-state index in [1.807, 2.05) is 31.9 Å². The maximum Gasteiger partial charge on any atom is 0.272 e. The molecule has 4 aromatic rings. The van der Waals surface area contributed by atoms with Gasteiger partial charge in [0.2, 0.25) is 0 Å². The second-order valence-electron chi connectivity index (χ2n) is 7.47. The monoisotopic (exact) mass is 469 g/mol. The SMILES string of the molecule is BN(CCOC)Cc1cnc(-c2cc3nccc(Oc4ccc([N+](=O)[O-])cc4F)c3s2)n1C. The molecule has 3 aromatic heterocycles. The molecule has 0 fully saturated rings. The molecule has 170 valence electrons. The molecule has 9 nitrogen and oxygen atoms in total. The van der Waals surface area contributed by atoms with Crippen LogP contribution in [0.25, 0.3) is 20.9 Å². The summed E-state index contributed by atoms with van der Waals surface area (Å²) in [7, 11) is 5.67. The third-order valence-corrected chi connectivity index (χ3v) is 6.27. The number of hydrogen-bond donors (Lipinski definition) is 0. The largest absolute Gasteiger partial charge is 0.453 e. The van der Waals surface area contributed by atoms with E-state index in [0.717, 1.165) is 40.3 Å². The van der Waals surface area contributed by atoms with E-state index >= 15 is 0 Å². The number of ether oxygens (including phenoxy) is 2. The number of aromatic nitrogens is 3. The Morgan fingerprint density at radius 3 is 2.82 bits per heavy atom. The number of fused-ring (bicyclic) bond motifs is 1. The summed E-state index contributed by atoms with van der Waals surface area (Å²) in [6.07, 6.45) is 3.42. The van der Waals surface area contributed by atoms with Crippen molar-refractivity contribution in [1.82, 2.24) is 19.3 Å². The Morgan fingerprint density at radius 2 is 2.09 bits per heavy atom. The van der Waals surface area contributed by atoms with Crippen molar-refractivity contribution in [3.8, 4) is 22.2 Å². The molecule has 33 heavy (non-hydrogen) atoms. The van der Waals surface area contributed by atoms with Crippen molar-refractivity contribution < 1.29 is 18.8 Å². The van der Waals surface area contributed by atoms with Crippen molar-refractivity contribution in [3.63, 3.8) is 0 Å². The Morgan fingerprint density at radius 1 is 1.27 bits per heavy atom. The zero-order chi connectivity index (χ0) is 23.5. The van der Waals surface area contributed by atoms with Crippen LogP contribution in [0.4, 0.5) is 10.1 Å². The third-order valence-electron chi connectivity index (χ3n) is 5.14. The van der Waals surface area contributed by atoms with Gasteiger partial charge >= 0.3 is 0 Å². The van der Waals surface area contributed by atoms with Crippen LogP contribution in [0.2, 0.25) is 0 Å². The zero-order valence-electron chi connectivity index (χ0n) is 18.3. The minimum atomic E-state index is -0.808. The van der Waals surface area contributed by atoms with E-state index in [1.54, 1.807) is 19.4 Å². The summed E-state index contributed by atoms with van der Waals surface area (Å²) in [5.74, 6) is 0.303. The molecule has 0 aliphatic rings. The zero-order valence-corrected chi connectivity index (χ0v) is 19.1. The van der Waals surface area contributed by atoms with Gasteiger partial charge in [0.25, 0.3) is 5.69 Å². The lowest BCUT2D eigenvalue weighted by Gasteiger charge is -2.16. The number of non-ortho nitro benzene ring substituents is 1. The number of rotatable bonds is 9. The number of pyridine rings is 1. The minimum Gasteiger partial charge on any atom is -0.453 e. The Bertz CT molecular complexity index is 1310. The normalized spacial score (nSPS) is 11.4. The van der Waals surface area contributed by atoms with Crippen LogP contribution in [0.5, 0.6) is 11.5 Å². The lowest BCUT2D eigenvalue weighted by Crippen LogP contribution is -2.25. The van der Waals surface area contributed by atoms with Gasteiger partial charge in [0, 0.05) is 45.6 Å². The molecule has 0 N–H and O–H groups in total. The molecular formula is C21H21BFN5O4S. The lowest BCUT2D eigenvalue weighted by molar-refractivity contribution is -0.385. The first-order chi connectivity index (χ1) is 15.9. The van der Waals surface area contributed by atoms with Crippen molar-refractivity contribution in [2.24, 2.45) is 7.05 Å². The van der Waals surface area contributed by atoms with Gasteiger partial charge in [-0.1, -0.05) is 0 Å². The standard InChI is InChI=1S/C21H21BFN5O4S/c1-26-14(12-27(22)7-8-31-2)11-25-21(26)19-10-16-20(33-19)18(5-6-24-16)32-17-4-3-13(28(29)30)9-15(17)23/h3-6,9-11H,7-8,12,22H2,1-2H3. The van der Waals surface area contributed by atoms with Crippen LogP contribution >= 0.6 is 11.3 Å². The maximum absolute atomic E-state index is 14.3. The Kier molecular flexibility index (Phi) is 6.68. The molecule has 0 spiro atoms. The molecule has 3 heterocycles. The summed E-state index contributed by atoms with van der Waals surface area (Å²) >= 11 is 1.44. The van der Waals surface area contributed by atoms with Crippen LogP contribution in [-0.4, -0.2) is 52.5 Å². The summed E-state index contributed by atoms with van der Waals surface area (Å²) in [5.41, 5.74) is 1.41. The Hall–Kier alpha value is -3.35. The molecule has 0 saturated carbocycles. The molecule has 1 aromatic carbocycles. The molecule has 0 aliphatic heterocycles. The van der Waals surface area contributed by atoms with Gasteiger partial charge in [-0.15, -0.1) is 11.3 Å². The smallest absolute Gasteiger partial charge is 0.272 e. The summed E-state index contributed by atoms with van der Waals surface area (Å²) in [6, 6.07) is 6.85. The van der Waals surface area contributed by atoms with E-state index in [1.165, 1.54) is 23.5 Å². The fourth-order valence-corrected chi connectivity index (χ4v) is 4.43. The van der Waals surface area contributed by atoms with Gasteiger partial charge in [0.05, 0.1) is 44.6 Å². The number of benzene rings is 1. The van der Waals surface area contributed by atoms with E-state index in [0.29, 0.717) is 17.9 Å². The summed E-state index contributed by atoms with van der Waals surface area (Å²) in [5, 5.41) is 10.8. The van der Waals surface area contributed by atoms with Crippen LogP contribution in [0, 0.1) is 15.9 Å². The molecule has 0 unspecified atom stereocenters. The quantitative estimate of drug-likeness (QED) is 0.210. The molecule has 0 radical (unpaired) electrons. The third kappa shape index (κ3) is 4.87. The van der Waals surface area contributed by atoms with Crippen LogP contribution < -0.4 is 4.74 Å². The highest BCUT2D eigenvalue weighted by molar-refractivity contribution is 7.22. The second-order valence-corrected chi connectivity index (χ2v) is 8.52. The molecule has 0 amide bonds. The minimum absolute atomic E-state index is 0.0959. The molecule has 4 rings (SSSR count). The second kappa shape index (κ2) is 9.65. The molecule has 0 saturated heterocycles. The fourth-order valence-electron chi connectivity index (χ4n) is 3.33. The Labute approximate surface area is 194 Å². The number of thiophene rings is 1. The number of imidazole rings is 1. The molecular weight excluding hydrogens is 448 g/mol. The first-order valence-corrected chi connectivity index (χ1v) is 10.9. The number of nitrogens with zero attached hydrogens (tertiary/aromatic N) is 5. The molecule has 0 aliphatic carbocycles. The van der Waals surface area contributed by atoms with Gasteiger partial charge in [-0.2, -0.15) is 0 Å².